The minimum Gasteiger partial charge on any atom is -0.457 e. The summed E-state index contributed by atoms with van der Waals surface area (Å²) < 4.78 is 5.60. The average molecular weight is 262 g/mol. The lowest BCUT2D eigenvalue weighted by Crippen LogP contribution is -1.99. The van der Waals surface area contributed by atoms with Gasteiger partial charge in [0.15, 0.2) is 5.78 Å². The molecule has 4 heteroatoms. The van der Waals surface area contributed by atoms with Crippen molar-refractivity contribution in [1.29, 1.82) is 0 Å². The van der Waals surface area contributed by atoms with Crippen molar-refractivity contribution < 1.29 is 9.53 Å². The van der Waals surface area contributed by atoms with Gasteiger partial charge in [0.25, 0.3) is 0 Å². The number of hydrogen-bond donors (Lipinski definition) is 1. The summed E-state index contributed by atoms with van der Waals surface area (Å²) >= 11 is 5.86. The number of nitrogens with two attached hydrogens (primary N) is 1. The van der Waals surface area contributed by atoms with Crippen LogP contribution in [0.1, 0.15) is 17.3 Å². The average Bonchev–Trinajstić information content (AvgIpc) is 2.28. The number of benzene rings is 2. The highest BCUT2D eigenvalue weighted by Gasteiger charge is 2.06. The molecule has 0 aliphatic heterocycles. The molecule has 3 nitrogen and oxygen atoms in total. The lowest BCUT2D eigenvalue weighted by molar-refractivity contribution is 0.101. The molecule has 0 unspecified atom stereocenters. The molecule has 0 aliphatic rings. The topological polar surface area (TPSA) is 52.3 Å². The van der Waals surface area contributed by atoms with Crippen LogP contribution in [0.25, 0.3) is 0 Å². The molecular formula is C14H12ClNO2. The van der Waals surface area contributed by atoms with Crippen molar-refractivity contribution >= 4 is 23.1 Å². The summed E-state index contributed by atoms with van der Waals surface area (Å²) in [5.41, 5.74) is 6.68. The summed E-state index contributed by atoms with van der Waals surface area (Å²) in [5, 5.41) is 0.598. The second-order valence-corrected chi connectivity index (χ2v) is 4.30. The van der Waals surface area contributed by atoms with Crippen LogP contribution in [-0.2, 0) is 0 Å². The van der Waals surface area contributed by atoms with Crippen LogP contribution in [0.5, 0.6) is 11.5 Å². The Morgan fingerprint density at radius 3 is 2.50 bits per heavy atom. The zero-order chi connectivity index (χ0) is 13.1. The van der Waals surface area contributed by atoms with Gasteiger partial charge < -0.3 is 10.5 Å². The molecule has 0 spiro atoms. The molecule has 0 bridgehead atoms. The number of anilines is 1. The molecule has 92 valence electrons. The first kappa shape index (κ1) is 12.5. The third-order valence-corrected chi connectivity index (χ3v) is 2.67. The number of halogens is 1. The Kier molecular flexibility index (Phi) is 3.53. The number of hydrogen-bond acceptors (Lipinski definition) is 3. The number of rotatable bonds is 3. The van der Waals surface area contributed by atoms with Crippen LogP contribution in [0.4, 0.5) is 5.69 Å². The van der Waals surface area contributed by atoms with E-state index >= 15 is 0 Å². The van der Waals surface area contributed by atoms with Crippen molar-refractivity contribution in [2.45, 2.75) is 6.92 Å². The smallest absolute Gasteiger partial charge is 0.161 e. The molecule has 0 aliphatic carbocycles. The first-order valence-electron chi connectivity index (χ1n) is 5.40. The molecule has 0 saturated heterocycles. The maximum atomic E-state index is 11.2. The van der Waals surface area contributed by atoms with Crippen molar-refractivity contribution in [3.05, 3.63) is 53.1 Å². The van der Waals surface area contributed by atoms with Gasteiger partial charge in [0.2, 0.25) is 0 Å². The van der Waals surface area contributed by atoms with E-state index in [-0.39, 0.29) is 5.78 Å². The van der Waals surface area contributed by atoms with Crippen LogP contribution in [0.3, 0.4) is 0 Å². The van der Waals surface area contributed by atoms with Crippen molar-refractivity contribution in [1.82, 2.24) is 0 Å². The summed E-state index contributed by atoms with van der Waals surface area (Å²) in [7, 11) is 0. The lowest BCUT2D eigenvalue weighted by Gasteiger charge is -2.08. The van der Waals surface area contributed by atoms with Gasteiger partial charge >= 0.3 is 0 Å². The van der Waals surface area contributed by atoms with Crippen molar-refractivity contribution in [3.8, 4) is 11.5 Å². The molecule has 0 amide bonds. The molecule has 2 aromatic carbocycles. The van der Waals surface area contributed by atoms with E-state index in [2.05, 4.69) is 0 Å². The SMILES string of the molecule is CC(=O)c1ccc(Oc2cccc(Cl)c2)cc1N. The van der Waals surface area contributed by atoms with E-state index < -0.39 is 0 Å². The minimum atomic E-state index is -0.0678. The third kappa shape index (κ3) is 2.81. The summed E-state index contributed by atoms with van der Waals surface area (Å²) in [6.45, 7) is 1.48. The zero-order valence-corrected chi connectivity index (χ0v) is 10.6. The van der Waals surface area contributed by atoms with E-state index in [4.69, 9.17) is 22.1 Å². The molecule has 0 fully saturated rings. The molecular weight excluding hydrogens is 250 g/mol. The number of nitrogen functional groups attached to an aromatic ring is 1. The molecule has 2 rings (SSSR count). The van der Waals surface area contributed by atoms with Crippen LogP contribution in [0.15, 0.2) is 42.5 Å². The monoisotopic (exact) mass is 261 g/mol. The van der Waals surface area contributed by atoms with Gasteiger partial charge in [-0.15, -0.1) is 0 Å². The Morgan fingerprint density at radius 2 is 1.89 bits per heavy atom. The first-order chi connectivity index (χ1) is 8.56. The highest BCUT2D eigenvalue weighted by molar-refractivity contribution is 6.30. The fourth-order valence-electron chi connectivity index (χ4n) is 1.59. The standard InChI is InChI=1S/C14H12ClNO2/c1-9(17)13-6-5-12(8-14(13)16)18-11-4-2-3-10(15)7-11/h2-8H,16H2,1H3. The second-order valence-electron chi connectivity index (χ2n) is 3.86. The predicted octanol–water partition coefficient (Wildman–Crippen LogP) is 3.92. The van der Waals surface area contributed by atoms with Gasteiger partial charge in [0.1, 0.15) is 11.5 Å². The van der Waals surface area contributed by atoms with Crippen molar-refractivity contribution in [3.63, 3.8) is 0 Å². The third-order valence-electron chi connectivity index (χ3n) is 2.43. The largest absolute Gasteiger partial charge is 0.457 e. The van der Waals surface area contributed by atoms with Crippen LogP contribution in [-0.4, -0.2) is 5.78 Å². The number of carbonyl (C=O) groups excluding carboxylic acids is 1. The van der Waals surface area contributed by atoms with E-state index in [0.717, 1.165) is 0 Å². The normalized spacial score (nSPS) is 10.1. The molecule has 0 atom stereocenters. The van der Waals surface area contributed by atoms with Gasteiger partial charge in [-0.25, -0.2) is 0 Å². The lowest BCUT2D eigenvalue weighted by atomic mass is 10.1. The quantitative estimate of drug-likeness (QED) is 0.673. The van der Waals surface area contributed by atoms with Gasteiger partial charge in [-0.3, -0.25) is 4.79 Å². The molecule has 2 N–H and O–H groups in total. The van der Waals surface area contributed by atoms with Crippen LogP contribution < -0.4 is 10.5 Å². The summed E-state index contributed by atoms with van der Waals surface area (Å²) in [6.07, 6.45) is 0. The fourth-order valence-corrected chi connectivity index (χ4v) is 1.77. The molecule has 0 saturated carbocycles. The van der Waals surface area contributed by atoms with Gasteiger partial charge in [-0.2, -0.15) is 0 Å². The Morgan fingerprint density at radius 1 is 1.17 bits per heavy atom. The Hall–Kier alpha value is -2.00. The maximum Gasteiger partial charge on any atom is 0.161 e. The van der Waals surface area contributed by atoms with Gasteiger partial charge in [-0.1, -0.05) is 17.7 Å². The van der Waals surface area contributed by atoms with E-state index in [1.165, 1.54) is 6.92 Å². The first-order valence-corrected chi connectivity index (χ1v) is 5.78. The van der Waals surface area contributed by atoms with E-state index in [9.17, 15) is 4.79 Å². The summed E-state index contributed by atoms with van der Waals surface area (Å²) in [6, 6.07) is 12.0. The number of ether oxygens (including phenoxy) is 1. The van der Waals surface area contributed by atoms with E-state index in [1.54, 1.807) is 42.5 Å². The van der Waals surface area contributed by atoms with Crippen molar-refractivity contribution in [2.24, 2.45) is 0 Å². The fraction of sp³-hybridized carbons (Fsp3) is 0.0714. The Bertz CT molecular complexity index is 596. The highest BCUT2D eigenvalue weighted by Crippen LogP contribution is 2.27. The Balaban J connectivity index is 2.25. The van der Waals surface area contributed by atoms with Gasteiger partial charge in [0.05, 0.1) is 0 Å². The summed E-state index contributed by atoms with van der Waals surface area (Å²) in [5.74, 6) is 1.12. The number of Topliss-reactive ketones (excluding diaryl/α,β-unsaturated/α-hetero) is 1. The minimum absolute atomic E-state index is 0.0678. The van der Waals surface area contributed by atoms with E-state index in [1.807, 2.05) is 0 Å². The molecule has 2 aromatic rings. The van der Waals surface area contributed by atoms with Crippen LogP contribution in [0, 0.1) is 0 Å². The van der Waals surface area contributed by atoms with Crippen LogP contribution >= 0.6 is 11.6 Å². The van der Waals surface area contributed by atoms with Crippen molar-refractivity contribution in [2.75, 3.05) is 5.73 Å². The Labute approximate surface area is 110 Å². The zero-order valence-electron chi connectivity index (χ0n) is 9.81. The van der Waals surface area contributed by atoms with Gasteiger partial charge in [-0.05, 0) is 37.3 Å². The van der Waals surface area contributed by atoms with Gasteiger partial charge in [0, 0.05) is 22.3 Å². The molecule has 18 heavy (non-hydrogen) atoms. The number of carbonyl (C=O) groups is 1. The predicted molar refractivity (Wildman–Crippen MR) is 72.4 cm³/mol. The molecule has 0 radical (unpaired) electrons. The highest BCUT2D eigenvalue weighted by atomic mass is 35.5. The maximum absolute atomic E-state index is 11.2. The second kappa shape index (κ2) is 5.10. The van der Waals surface area contributed by atoms with Crippen LogP contribution in [0.2, 0.25) is 5.02 Å². The molecule has 0 heterocycles. The number of ketones is 1. The summed E-state index contributed by atoms with van der Waals surface area (Å²) in [4.78, 5) is 11.2. The van der Waals surface area contributed by atoms with E-state index in [0.29, 0.717) is 27.8 Å². The molecule has 0 aromatic heterocycles.